The number of rotatable bonds is 5. The molecule has 0 aliphatic carbocycles. The van der Waals surface area contributed by atoms with Gasteiger partial charge in [0.25, 0.3) is 5.91 Å². The summed E-state index contributed by atoms with van der Waals surface area (Å²) in [5.74, 6) is 0.570. The van der Waals surface area contributed by atoms with Gasteiger partial charge >= 0.3 is 0 Å². The van der Waals surface area contributed by atoms with Gasteiger partial charge in [0, 0.05) is 24.8 Å². The lowest BCUT2D eigenvalue weighted by Crippen LogP contribution is -2.29. The highest BCUT2D eigenvalue weighted by Crippen LogP contribution is 2.15. The number of nitrogen functional groups attached to an aromatic ring is 1. The van der Waals surface area contributed by atoms with Crippen molar-refractivity contribution in [3.63, 3.8) is 0 Å². The first kappa shape index (κ1) is 15.8. The van der Waals surface area contributed by atoms with Crippen molar-refractivity contribution in [1.82, 2.24) is 10.3 Å². The maximum absolute atomic E-state index is 12.1. The molecule has 5 heteroatoms. The van der Waals surface area contributed by atoms with Crippen LogP contribution in [0.3, 0.4) is 0 Å². The molecule has 0 aliphatic rings. The number of benzene rings is 1. The van der Waals surface area contributed by atoms with E-state index in [2.05, 4.69) is 15.6 Å². The average molecular weight is 298 g/mol. The number of nitrogens with two attached hydrogens (primary N) is 1. The second kappa shape index (κ2) is 6.93. The molecule has 0 saturated heterocycles. The van der Waals surface area contributed by atoms with Crippen molar-refractivity contribution < 1.29 is 4.79 Å². The molecular formula is C17H22N4O. The Morgan fingerprint density at radius 2 is 1.91 bits per heavy atom. The van der Waals surface area contributed by atoms with Crippen LogP contribution in [0, 0.1) is 20.8 Å². The Kier molecular flexibility index (Phi) is 4.99. The topological polar surface area (TPSA) is 80.0 Å². The molecule has 2 aromatic rings. The molecule has 1 heterocycles. The van der Waals surface area contributed by atoms with E-state index in [-0.39, 0.29) is 5.91 Å². The fraction of sp³-hybridized carbons (Fsp3) is 0.294. The van der Waals surface area contributed by atoms with Crippen molar-refractivity contribution in [3.8, 4) is 0 Å². The van der Waals surface area contributed by atoms with Crippen LogP contribution in [0.25, 0.3) is 0 Å². The van der Waals surface area contributed by atoms with E-state index in [1.165, 1.54) is 5.56 Å². The van der Waals surface area contributed by atoms with E-state index < -0.39 is 0 Å². The molecule has 116 valence electrons. The molecule has 5 nitrogen and oxygen atoms in total. The first-order valence-corrected chi connectivity index (χ1v) is 7.29. The van der Waals surface area contributed by atoms with Gasteiger partial charge in [-0.25, -0.2) is 4.98 Å². The molecule has 1 amide bonds. The van der Waals surface area contributed by atoms with Crippen LogP contribution >= 0.6 is 0 Å². The standard InChI is InChI=1S/C17H22N4O/c1-11-8-15(18)16(21-10-11)19-6-7-20-17(22)14-5-4-12(2)13(3)9-14/h4-5,8-10H,6-7,18H2,1-3H3,(H,19,21)(H,20,22). The number of carbonyl (C=O) groups excluding carboxylic acids is 1. The summed E-state index contributed by atoms with van der Waals surface area (Å²) in [7, 11) is 0. The summed E-state index contributed by atoms with van der Waals surface area (Å²) >= 11 is 0. The SMILES string of the molecule is Cc1cnc(NCCNC(=O)c2ccc(C)c(C)c2)c(N)c1. The maximum atomic E-state index is 12.1. The van der Waals surface area contributed by atoms with Gasteiger partial charge in [-0.05, 0) is 55.7 Å². The van der Waals surface area contributed by atoms with Crippen molar-refractivity contribution in [3.05, 3.63) is 52.7 Å². The van der Waals surface area contributed by atoms with Crippen LogP contribution in [0.4, 0.5) is 11.5 Å². The number of carbonyl (C=O) groups is 1. The number of aromatic nitrogens is 1. The normalized spacial score (nSPS) is 10.3. The lowest BCUT2D eigenvalue weighted by Gasteiger charge is -2.10. The highest BCUT2D eigenvalue weighted by molar-refractivity contribution is 5.94. The number of hydrogen-bond acceptors (Lipinski definition) is 4. The highest BCUT2D eigenvalue weighted by atomic mass is 16.1. The highest BCUT2D eigenvalue weighted by Gasteiger charge is 2.06. The smallest absolute Gasteiger partial charge is 0.251 e. The minimum Gasteiger partial charge on any atom is -0.396 e. The van der Waals surface area contributed by atoms with Crippen LogP contribution < -0.4 is 16.4 Å². The lowest BCUT2D eigenvalue weighted by atomic mass is 10.1. The molecule has 2 rings (SSSR count). The second-order valence-corrected chi connectivity index (χ2v) is 5.43. The average Bonchev–Trinajstić information content (AvgIpc) is 2.48. The van der Waals surface area contributed by atoms with E-state index in [0.717, 1.165) is 11.1 Å². The molecule has 0 saturated carbocycles. The summed E-state index contributed by atoms with van der Waals surface area (Å²) in [6.45, 7) is 7.04. The van der Waals surface area contributed by atoms with E-state index in [1.807, 2.05) is 45.0 Å². The number of pyridine rings is 1. The predicted molar refractivity (Wildman–Crippen MR) is 90.1 cm³/mol. The zero-order chi connectivity index (χ0) is 16.1. The van der Waals surface area contributed by atoms with Crippen molar-refractivity contribution in [2.75, 3.05) is 24.1 Å². The molecule has 0 unspecified atom stereocenters. The summed E-state index contributed by atoms with van der Waals surface area (Å²) in [5.41, 5.74) is 10.5. The second-order valence-electron chi connectivity index (χ2n) is 5.43. The van der Waals surface area contributed by atoms with E-state index in [0.29, 0.717) is 30.2 Å². The summed E-state index contributed by atoms with van der Waals surface area (Å²) in [4.78, 5) is 16.3. The van der Waals surface area contributed by atoms with Crippen LogP contribution in [0.5, 0.6) is 0 Å². The molecule has 1 aromatic heterocycles. The van der Waals surface area contributed by atoms with Crippen molar-refractivity contribution in [2.45, 2.75) is 20.8 Å². The Labute approximate surface area is 130 Å². The summed E-state index contributed by atoms with van der Waals surface area (Å²) in [5, 5.41) is 5.99. The number of amides is 1. The molecule has 0 atom stereocenters. The van der Waals surface area contributed by atoms with Crippen molar-refractivity contribution >= 4 is 17.4 Å². The number of nitrogens with zero attached hydrogens (tertiary/aromatic N) is 1. The van der Waals surface area contributed by atoms with Crippen molar-refractivity contribution in [1.29, 1.82) is 0 Å². The monoisotopic (exact) mass is 298 g/mol. The predicted octanol–water partition coefficient (Wildman–Crippen LogP) is 2.43. The van der Waals surface area contributed by atoms with Crippen LogP contribution in [0.15, 0.2) is 30.5 Å². The molecule has 0 spiro atoms. The first-order chi connectivity index (χ1) is 10.5. The molecule has 0 fully saturated rings. The number of aryl methyl sites for hydroxylation is 3. The van der Waals surface area contributed by atoms with E-state index in [1.54, 1.807) is 6.20 Å². The summed E-state index contributed by atoms with van der Waals surface area (Å²) in [6.07, 6.45) is 1.76. The lowest BCUT2D eigenvalue weighted by molar-refractivity contribution is 0.0955. The minimum atomic E-state index is -0.0743. The third-order valence-corrected chi connectivity index (χ3v) is 3.53. The number of nitrogens with one attached hydrogen (secondary N) is 2. The van der Waals surface area contributed by atoms with Gasteiger partial charge in [0.1, 0.15) is 5.82 Å². The Balaban J connectivity index is 1.83. The van der Waals surface area contributed by atoms with Crippen LogP contribution in [0.2, 0.25) is 0 Å². The molecule has 1 aromatic carbocycles. The molecule has 0 radical (unpaired) electrons. The Hall–Kier alpha value is -2.56. The van der Waals surface area contributed by atoms with Gasteiger partial charge in [-0.1, -0.05) is 6.07 Å². The van der Waals surface area contributed by atoms with Gasteiger partial charge in [-0.2, -0.15) is 0 Å². The van der Waals surface area contributed by atoms with Gasteiger partial charge in [0.15, 0.2) is 0 Å². The molecule has 4 N–H and O–H groups in total. The van der Waals surface area contributed by atoms with Gasteiger partial charge < -0.3 is 16.4 Å². The van der Waals surface area contributed by atoms with Gasteiger partial charge in [-0.3, -0.25) is 4.79 Å². The Morgan fingerprint density at radius 1 is 1.14 bits per heavy atom. The number of anilines is 2. The zero-order valence-corrected chi connectivity index (χ0v) is 13.2. The number of hydrogen-bond donors (Lipinski definition) is 3. The van der Waals surface area contributed by atoms with Crippen LogP contribution in [0.1, 0.15) is 27.0 Å². The fourth-order valence-electron chi connectivity index (χ4n) is 2.08. The fourth-order valence-corrected chi connectivity index (χ4v) is 2.08. The van der Waals surface area contributed by atoms with Crippen LogP contribution in [-0.2, 0) is 0 Å². The van der Waals surface area contributed by atoms with Crippen molar-refractivity contribution in [2.24, 2.45) is 0 Å². The zero-order valence-electron chi connectivity index (χ0n) is 13.2. The quantitative estimate of drug-likeness (QED) is 0.741. The summed E-state index contributed by atoms with van der Waals surface area (Å²) in [6, 6.07) is 7.56. The van der Waals surface area contributed by atoms with Gasteiger partial charge in [-0.15, -0.1) is 0 Å². The van der Waals surface area contributed by atoms with E-state index >= 15 is 0 Å². The maximum Gasteiger partial charge on any atom is 0.251 e. The van der Waals surface area contributed by atoms with Crippen LogP contribution in [-0.4, -0.2) is 24.0 Å². The van der Waals surface area contributed by atoms with Gasteiger partial charge in [0.05, 0.1) is 5.69 Å². The molecular weight excluding hydrogens is 276 g/mol. The van der Waals surface area contributed by atoms with E-state index in [4.69, 9.17) is 5.73 Å². The summed E-state index contributed by atoms with van der Waals surface area (Å²) < 4.78 is 0. The van der Waals surface area contributed by atoms with Gasteiger partial charge in [0.2, 0.25) is 0 Å². The largest absolute Gasteiger partial charge is 0.396 e. The Bertz CT molecular complexity index is 682. The minimum absolute atomic E-state index is 0.0743. The first-order valence-electron chi connectivity index (χ1n) is 7.29. The molecule has 0 bridgehead atoms. The molecule has 22 heavy (non-hydrogen) atoms. The van der Waals surface area contributed by atoms with E-state index in [9.17, 15) is 4.79 Å². The third kappa shape index (κ3) is 3.97. The Morgan fingerprint density at radius 3 is 2.59 bits per heavy atom. The molecule has 0 aliphatic heterocycles. The third-order valence-electron chi connectivity index (χ3n) is 3.53.